The zero-order valence-electron chi connectivity index (χ0n) is 15.5. The summed E-state index contributed by atoms with van der Waals surface area (Å²) >= 11 is 7.88. The first-order chi connectivity index (χ1) is 11.8. The molecule has 2 aromatic rings. The van der Waals surface area contributed by atoms with E-state index in [2.05, 4.69) is 73.3 Å². The molecule has 0 spiro atoms. The molecule has 1 heterocycles. The second kappa shape index (κ2) is 7.61. The predicted octanol–water partition coefficient (Wildman–Crippen LogP) is 5.86. The van der Waals surface area contributed by atoms with E-state index in [1.165, 1.54) is 16.1 Å². The van der Waals surface area contributed by atoms with Crippen LogP contribution in [-0.2, 0) is 5.41 Å². The lowest BCUT2D eigenvalue weighted by molar-refractivity contribution is 0.336. The first-order valence-electron chi connectivity index (χ1n) is 8.88. The fraction of sp³-hybridized carbons (Fsp3) is 0.429. The molecule has 0 radical (unpaired) electrons. The van der Waals surface area contributed by atoms with Crippen molar-refractivity contribution < 1.29 is 0 Å². The highest BCUT2D eigenvalue weighted by molar-refractivity contribution is 7.97. The molecule has 1 aliphatic heterocycles. The topological polar surface area (TPSA) is 6.48 Å². The summed E-state index contributed by atoms with van der Waals surface area (Å²) in [4.78, 5) is 3.76. The van der Waals surface area contributed by atoms with Crippen LogP contribution < -0.4 is 4.90 Å². The number of hydrogen-bond acceptors (Lipinski definition) is 3. The molecular formula is C21H27ClN2S. The second-order valence-electron chi connectivity index (χ2n) is 7.78. The molecule has 2 nitrogen and oxygen atoms in total. The molecule has 1 fully saturated rings. The van der Waals surface area contributed by atoms with Gasteiger partial charge in [0.1, 0.15) is 0 Å². The van der Waals surface area contributed by atoms with E-state index in [0.29, 0.717) is 6.04 Å². The lowest BCUT2D eigenvalue weighted by atomic mass is 9.87. The van der Waals surface area contributed by atoms with E-state index in [-0.39, 0.29) is 5.41 Å². The van der Waals surface area contributed by atoms with Gasteiger partial charge in [0.2, 0.25) is 0 Å². The Morgan fingerprint density at radius 2 is 1.60 bits per heavy atom. The first-order valence-corrected chi connectivity index (χ1v) is 10.0. The lowest BCUT2D eigenvalue weighted by Gasteiger charge is -2.40. The predicted molar refractivity (Wildman–Crippen MR) is 111 cm³/mol. The molecule has 1 aliphatic rings. The molecular weight excluding hydrogens is 348 g/mol. The summed E-state index contributed by atoms with van der Waals surface area (Å²) < 4.78 is 2.50. The van der Waals surface area contributed by atoms with E-state index < -0.39 is 0 Å². The number of nitrogens with zero attached hydrogens (tertiary/aromatic N) is 2. The van der Waals surface area contributed by atoms with Crippen molar-refractivity contribution in [3.8, 4) is 0 Å². The molecule has 1 unspecified atom stereocenters. The van der Waals surface area contributed by atoms with Crippen molar-refractivity contribution in [2.75, 3.05) is 24.5 Å². The van der Waals surface area contributed by atoms with E-state index in [4.69, 9.17) is 11.6 Å². The second-order valence-corrected chi connectivity index (χ2v) is 9.34. The molecule has 0 N–H and O–H groups in total. The number of benzene rings is 2. The Morgan fingerprint density at radius 3 is 2.16 bits per heavy atom. The van der Waals surface area contributed by atoms with Crippen LogP contribution in [0.1, 0.15) is 33.3 Å². The summed E-state index contributed by atoms with van der Waals surface area (Å²) in [6, 6.07) is 17.7. The van der Waals surface area contributed by atoms with Crippen LogP contribution in [0.3, 0.4) is 0 Å². The molecule has 0 saturated carbocycles. The van der Waals surface area contributed by atoms with Gasteiger partial charge in [-0.15, -0.1) is 0 Å². The summed E-state index contributed by atoms with van der Waals surface area (Å²) in [6.07, 6.45) is 0. The fourth-order valence-electron chi connectivity index (χ4n) is 3.11. The maximum Gasteiger partial charge on any atom is 0.0407 e. The van der Waals surface area contributed by atoms with Crippen LogP contribution >= 0.6 is 23.5 Å². The maximum atomic E-state index is 6.00. The van der Waals surface area contributed by atoms with Gasteiger partial charge in [0.05, 0.1) is 0 Å². The number of piperazine rings is 1. The zero-order valence-corrected chi connectivity index (χ0v) is 17.1. The number of hydrogen-bond donors (Lipinski definition) is 0. The number of anilines is 1. The summed E-state index contributed by atoms with van der Waals surface area (Å²) in [5, 5.41) is 0.796. The van der Waals surface area contributed by atoms with Crippen molar-refractivity contribution in [2.24, 2.45) is 0 Å². The zero-order chi connectivity index (χ0) is 18.0. The normalized spacial score (nSPS) is 19.2. The number of halogens is 1. The van der Waals surface area contributed by atoms with Gasteiger partial charge in [-0.25, -0.2) is 4.31 Å². The van der Waals surface area contributed by atoms with Crippen molar-refractivity contribution in [3.63, 3.8) is 0 Å². The highest BCUT2D eigenvalue weighted by Crippen LogP contribution is 2.31. The standard InChI is InChI=1S/C21H27ClN2S/c1-16-15-23(19-9-7-18(22)8-10-19)13-14-24(16)25-20-11-5-17(6-12-20)21(2,3)4/h5-12,16H,13-15H2,1-4H3. The van der Waals surface area contributed by atoms with E-state index >= 15 is 0 Å². The van der Waals surface area contributed by atoms with Gasteiger partial charge in [0.15, 0.2) is 0 Å². The van der Waals surface area contributed by atoms with Gasteiger partial charge < -0.3 is 4.90 Å². The average molecular weight is 375 g/mol. The van der Waals surface area contributed by atoms with Crippen LogP contribution in [0.5, 0.6) is 0 Å². The molecule has 0 aliphatic carbocycles. The summed E-state index contributed by atoms with van der Waals surface area (Å²) in [6.45, 7) is 12.2. The molecule has 0 aromatic heterocycles. The molecule has 2 aromatic carbocycles. The van der Waals surface area contributed by atoms with E-state index in [0.717, 1.165) is 24.7 Å². The quantitative estimate of drug-likeness (QED) is 0.621. The molecule has 3 rings (SSSR count). The average Bonchev–Trinajstić information content (AvgIpc) is 2.57. The monoisotopic (exact) mass is 374 g/mol. The van der Waals surface area contributed by atoms with Gasteiger partial charge in [-0.2, -0.15) is 0 Å². The van der Waals surface area contributed by atoms with Gasteiger partial charge in [0, 0.05) is 41.3 Å². The third kappa shape index (κ3) is 4.72. The van der Waals surface area contributed by atoms with E-state index in [1.807, 2.05) is 24.1 Å². The Morgan fingerprint density at radius 1 is 0.960 bits per heavy atom. The fourth-order valence-corrected chi connectivity index (χ4v) is 4.19. The highest BCUT2D eigenvalue weighted by Gasteiger charge is 2.25. The molecule has 1 saturated heterocycles. The van der Waals surface area contributed by atoms with Crippen LogP contribution in [0.2, 0.25) is 5.02 Å². The summed E-state index contributed by atoms with van der Waals surface area (Å²) in [7, 11) is 0. The van der Waals surface area contributed by atoms with Crippen molar-refractivity contribution in [1.82, 2.24) is 4.31 Å². The van der Waals surface area contributed by atoms with Crippen molar-refractivity contribution in [3.05, 3.63) is 59.1 Å². The van der Waals surface area contributed by atoms with Crippen molar-refractivity contribution in [2.45, 2.75) is 44.0 Å². The molecule has 4 heteroatoms. The Hall–Kier alpha value is -1.16. The minimum absolute atomic E-state index is 0.209. The molecule has 134 valence electrons. The van der Waals surface area contributed by atoms with Gasteiger partial charge >= 0.3 is 0 Å². The minimum atomic E-state index is 0.209. The smallest absolute Gasteiger partial charge is 0.0407 e. The van der Waals surface area contributed by atoms with Crippen molar-refractivity contribution >= 4 is 29.2 Å². The third-order valence-corrected chi connectivity index (χ3v) is 6.21. The first kappa shape index (κ1) is 18.6. The van der Waals surface area contributed by atoms with Crippen LogP contribution in [0.4, 0.5) is 5.69 Å². The third-order valence-electron chi connectivity index (χ3n) is 4.70. The highest BCUT2D eigenvalue weighted by atomic mass is 35.5. The van der Waals surface area contributed by atoms with E-state index in [1.54, 1.807) is 0 Å². The summed E-state index contributed by atoms with van der Waals surface area (Å²) in [5.74, 6) is 0. The number of rotatable bonds is 3. The van der Waals surface area contributed by atoms with Gasteiger partial charge in [-0.1, -0.05) is 44.5 Å². The van der Waals surface area contributed by atoms with Gasteiger partial charge in [0.25, 0.3) is 0 Å². The van der Waals surface area contributed by atoms with Crippen LogP contribution in [0.25, 0.3) is 0 Å². The molecule has 25 heavy (non-hydrogen) atoms. The van der Waals surface area contributed by atoms with Gasteiger partial charge in [-0.05, 0) is 66.2 Å². The Bertz CT molecular complexity index is 691. The largest absolute Gasteiger partial charge is 0.369 e. The SMILES string of the molecule is CC1CN(c2ccc(Cl)cc2)CCN1Sc1ccc(C(C)(C)C)cc1. The van der Waals surface area contributed by atoms with Crippen LogP contribution in [0.15, 0.2) is 53.4 Å². The Balaban J connectivity index is 1.61. The lowest BCUT2D eigenvalue weighted by Crippen LogP contribution is -2.49. The summed E-state index contributed by atoms with van der Waals surface area (Å²) in [5.41, 5.74) is 2.86. The van der Waals surface area contributed by atoms with Gasteiger partial charge in [-0.3, -0.25) is 0 Å². The van der Waals surface area contributed by atoms with Crippen molar-refractivity contribution in [1.29, 1.82) is 0 Å². The molecule has 1 atom stereocenters. The molecule has 0 amide bonds. The Kier molecular flexibility index (Phi) is 5.67. The van der Waals surface area contributed by atoms with E-state index in [9.17, 15) is 0 Å². The molecule has 0 bridgehead atoms. The Labute approximate surface area is 161 Å². The van der Waals surface area contributed by atoms with Crippen LogP contribution in [-0.4, -0.2) is 30.0 Å². The maximum absolute atomic E-state index is 6.00. The van der Waals surface area contributed by atoms with Crippen LogP contribution in [0, 0.1) is 0 Å². The minimum Gasteiger partial charge on any atom is -0.369 e.